The van der Waals surface area contributed by atoms with Crippen molar-refractivity contribution in [1.82, 2.24) is 10.3 Å². The van der Waals surface area contributed by atoms with Crippen LogP contribution in [0.5, 0.6) is 0 Å². The number of aromatic nitrogens is 1. The second-order valence-electron chi connectivity index (χ2n) is 5.73. The minimum Gasteiger partial charge on any atom is -0.444 e. The van der Waals surface area contributed by atoms with Gasteiger partial charge in [0, 0.05) is 17.9 Å². The van der Waals surface area contributed by atoms with Crippen LogP contribution in [0.25, 0.3) is 11.5 Å². The molecule has 0 aliphatic rings. The van der Waals surface area contributed by atoms with Crippen LogP contribution in [-0.4, -0.2) is 23.2 Å². The summed E-state index contributed by atoms with van der Waals surface area (Å²) in [5, 5.41) is 2.84. The molecule has 0 fully saturated rings. The molecule has 1 aromatic heterocycles. The number of benzene rings is 2. The maximum Gasteiger partial charge on any atom is 0.230 e. The van der Waals surface area contributed by atoms with Crippen molar-refractivity contribution < 1.29 is 13.6 Å². The van der Waals surface area contributed by atoms with E-state index in [0.29, 0.717) is 30.4 Å². The van der Waals surface area contributed by atoms with Crippen molar-refractivity contribution in [3.63, 3.8) is 0 Å². The van der Waals surface area contributed by atoms with Gasteiger partial charge in [-0.1, -0.05) is 30.3 Å². The zero-order valence-corrected chi connectivity index (χ0v) is 15.0. The van der Waals surface area contributed by atoms with E-state index in [0.717, 1.165) is 16.8 Å². The third-order valence-electron chi connectivity index (χ3n) is 3.68. The molecule has 0 atom stereocenters. The van der Waals surface area contributed by atoms with Crippen molar-refractivity contribution in [2.24, 2.45) is 0 Å². The fourth-order valence-electron chi connectivity index (χ4n) is 2.42. The fourth-order valence-corrected chi connectivity index (χ4v) is 3.16. The Bertz CT molecular complexity index is 852. The molecule has 1 heterocycles. The second kappa shape index (κ2) is 9.20. The van der Waals surface area contributed by atoms with Gasteiger partial charge in [0.25, 0.3) is 0 Å². The highest BCUT2D eigenvalue weighted by Crippen LogP contribution is 2.20. The number of hydrogen-bond donors (Lipinski definition) is 1. The zero-order valence-electron chi connectivity index (χ0n) is 14.2. The minimum atomic E-state index is -0.258. The van der Waals surface area contributed by atoms with Gasteiger partial charge in [0.15, 0.2) is 0 Å². The lowest BCUT2D eigenvalue weighted by Crippen LogP contribution is -2.27. The number of nitrogens with one attached hydrogen (secondary N) is 1. The number of oxazole rings is 1. The first-order valence-electron chi connectivity index (χ1n) is 8.29. The Hall–Kier alpha value is -2.60. The summed E-state index contributed by atoms with van der Waals surface area (Å²) in [6.45, 7) is 0.491. The van der Waals surface area contributed by atoms with Gasteiger partial charge in [0.2, 0.25) is 11.8 Å². The van der Waals surface area contributed by atoms with E-state index in [1.165, 1.54) is 23.9 Å². The van der Waals surface area contributed by atoms with E-state index in [9.17, 15) is 9.18 Å². The molecule has 0 aliphatic heterocycles. The molecule has 6 heteroatoms. The molecule has 0 radical (unpaired) electrons. The maximum absolute atomic E-state index is 13.1. The highest BCUT2D eigenvalue weighted by molar-refractivity contribution is 7.99. The van der Waals surface area contributed by atoms with Crippen molar-refractivity contribution >= 4 is 17.7 Å². The number of thioether (sulfide) groups is 1. The lowest BCUT2D eigenvalue weighted by Gasteiger charge is -2.05. The van der Waals surface area contributed by atoms with Gasteiger partial charge >= 0.3 is 0 Å². The SMILES string of the molecule is O=C(CSCc1coc(-c2ccccc2)n1)NCCc1cccc(F)c1. The van der Waals surface area contributed by atoms with Crippen molar-refractivity contribution in [3.05, 3.63) is 77.9 Å². The van der Waals surface area contributed by atoms with Crippen LogP contribution in [0.1, 0.15) is 11.3 Å². The largest absolute Gasteiger partial charge is 0.444 e. The van der Waals surface area contributed by atoms with Crippen molar-refractivity contribution in [1.29, 1.82) is 0 Å². The Morgan fingerprint density at radius 3 is 2.81 bits per heavy atom. The molecule has 134 valence electrons. The van der Waals surface area contributed by atoms with Gasteiger partial charge in [0.05, 0.1) is 11.4 Å². The molecule has 4 nitrogen and oxygen atoms in total. The quantitative estimate of drug-likeness (QED) is 0.649. The molecule has 3 rings (SSSR count). The van der Waals surface area contributed by atoms with Crippen LogP contribution in [0.15, 0.2) is 65.3 Å². The number of hydrogen-bond acceptors (Lipinski definition) is 4. The lowest BCUT2D eigenvalue weighted by atomic mass is 10.1. The maximum atomic E-state index is 13.1. The number of halogens is 1. The van der Waals surface area contributed by atoms with Crippen molar-refractivity contribution in [3.8, 4) is 11.5 Å². The minimum absolute atomic E-state index is 0.0434. The second-order valence-corrected chi connectivity index (χ2v) is 6.72. The molecule has 3 aromatic rings. The van der Waals surface area contributed by atoms with Crippen molar-refractivity contribution in [2.45, 2.75) is 12.2 Å². The summed E-state index contributed by atoms with van der Waals surface area (Å²) in [6, 6.07) is 16.1. The Morgan fingerprint density at radius 2 is 2.00 bits per heavy atom. The molecule has 0 aliphatic carbocycles. The molecular weight excluding hydrogens is 351 g/mol. The average molecular weight is 370 g/mol. The number of carbonyl (C=O) groups is 1. The lowest BCUT2D eigenvalue weighted by molar-refractivity contribution is -0.118. The summed E-state index contributed by atoms with van der Waals surface area (Å²) < 4.78 is 18.6. The van der Waals surface area contributed by atoms with Gasteiger partial charge < -0.3 is 9.73 Å². The normalized spacial score (nSPS) is 10.7. The van der Waals surface area contributed by atoms with Crippen LogP contribution in [0.4, 0.5) is 4.39 Å². The average Bonchev–Trinajstić information content (AvgIpc) is 3.11. The van der Waals surface area contributed by atoms with E-state index < -0.39 is 0 Å². The first-order valence-corrected chi connectivity index (χ1v) is 9.45. The molecular formula is C20H19FN2O2S. The number of rotatable bonds is 8. The van der Waals surface area contributed by atoms with Gasteiger partial charge in [-0.3, -0.25) is 4.79 Å². The summed E-state index contributed by atoms with van der Waals surface area (Å²) >= 11 is 1.48. The van der Waals surface area contributed by atoms with Crippen LogP contribution in [0, 0.1) is 5.82 Å². The molecule has 0 saturated carbocycles. The summed E-state index contributed by atoms with van der Waals surface area (Å²) in [7, 11) is 0. The van der Waals surface area contributed by atoms with Gasteiger partial charge in [-0.05, 0) is 36.2 Å². The Kier molecular flexibility index (Phi) is 6.44. The standard InChI is InChI=1S/C20H19FN2O2S/c21-17-8-4-5-15(11-17)9-10-22-19(24)14-26-13-18-12-25-20(23-18)16-6-2-1-3-7-16/h1-8,11-12H,9-10,13-14H2,(H,22,24). The Balaban J connectivity index is 1.37. The van der Waals surface area contributed by atoms with Crippen LogP contribution in [-0.2, 0) is 17.0 Å². The fraction of sp³-hybridized carbons (Fsp3) is 0.200. The third-order valence-corrected chi connectivity index (χ3v) is 4.65. The molecule has 1 amide bonds. The third kappa shape index (κ3) is 5.46. The zero-order chi connectivity index (χ0) is 18.2. The summed E-state index contributed by atoms with van der Waals surface area (Å²) in [5.74, 6) is 1.23. The van der Waals surface area contributed by atoms with E-state index in [-0.39, 0.29) is 11.7 Å². The van der Waals surface area contributed by atoms with E-state index in [1.54, 1.807) is 12.3 Å². The molecule has 26 heavy (non-hydrogen) atoms. The summed E-state index contributed by atoms with van der Waals surface area (Å²) in [5.41, 5.74) is 2.61. The van der Waals surface area contributed by atoms with Gasteiger partial charge in [-0.25, -0.2) is 9.37 Å². The molecule has 0 unspecified atom stereocenters. The molecule has 0 saturated heterocycles. The van der Waals surface area contributed by atoms with Crippen molar-refractivity contribution in [2.75, 3.05) is 12.3 Å². The smallest absolute Gasteiger partial charge is 0.230 e. The predicted molar refractivity (Wildman–Crippen MR) is 101 cm³/mol. The summed E-state index contributed by atoms with van der Waals surface area (Å²) in [4.78, 5) is 16.3. The van der Waals surface area contributed by atoms with Gasteiger partial charge in [-0.15, -0.1) is 11.8 Å². The highest BCUT2D eigenvalue weighted by atomic mass is 32.2. The first kappa shape index (κ1) is 18.2. The number of nitrogens with zero attached hydrogens (tertiary/aromatic N) is 1. The van der Waals surface area contributed by atoms with E-state index >= 15 is 0 Å². The molecule has 0 bridgehead atoms. The van der Waals surface area contributed by atoms with Crippen LogP contribution in [0.2, 0.25) is 0 Å². The molecule has 1 N–H and O–H groups in total. The Morgan fingerprint density at radius 1 is 1.15 bits per heavy atom. The van der Waals surface area contributed by atoms with Gasteiger partial charge in [-0.2, -0.15) is 0 Å². The van der Waals surface area contributed by atoms with E-state index in [1.807, 2.05) is 36.4 Å². The van der Waals surface area contributed by atoms with Crippen LogP contribution in [0.3, 0.4) is 0 Å². The monoisotopic (exact) mass is 370 g/mol. The van der Waals surface area contributed by atoms with E-state index in [2.05, 4.69) is 10.3 Å². The van der Waals surface area contributed by atoms with Crippen LogP contribution < -0.4 is 5.32 Å². The molecule has 0 spiro atoms. The predicted octanol–water partition coefficient (Wildman–Crippen LogP) is 4.07. The molecule has 2 aromatic carbocycles. The summed E-state index contributed by atoms with van der Waals surface area (Å²) in [6.07, 6.45) is 2.23. The topological polar surface area (TPSA) is 55.1 Å². The van der Waals surface area contributed by atoms with E-state index in [4.69, 9.17) is 4.42 Å². The number of amides is 1. The first-order chi connectivity index (χ1) is 12.7. The van der Waals surface area contributed by atoms with Gasteiger partial charge in [0.1, 0.15) is 12.1 Å². The number of carbonyl (C=O) groups excluding carboxylic acids is 1. The van der Waals surface area contributed by atoms with Crippen LogP contribution >= 0.6 is 11.8 Å². The Labute approximate surface area is 155 Å². The highest BCUT2D eigenvalue weighted by Gasteiger charge is 2.08.